The van der Waals surface area contributed by atoms with Crippen LogP contribution in [0, 0.1) is 0 Å². The number of benzene rings is 1. The van der Waals surface area contributed by atoms with Gasteiger partial charge in [0.15, 0.2) is 0 Å². The van der Waals surface area contributed by atoms with Crippen LogP contribution in [0.2, 0.25) is 5.02 Å². The van der Waals surface area contributed by atoms with Crippen LogP contribution in [-0.4, -0.2) is 36.0 Å². The van der Waals surface area contributed by atoms with E-state index in [0.29, 0.717) is 28.1 Å². The van der Waals surface area contributed by atoms with Gasteiger partial charge in [0, 0.05) is 24.4 Å². The van der Waals surface area contributed by atoms with Gasteiger partial charge in [-0.25, -0.2) is 0 Å². The predicted molar refractivity (Wildman–Crippen MR) is 87.3 cm³/mol. The van der Waals surface area contributed by atoms with Crippen LogP contribution in [0.25, 0.3) is 0 Å². The Labute approximate surface area is 139 Å². The summed E-state index contributed by atoms with van der Waals surface area (Å²) in [4.78, 5) is 12.4. The van der Waals surface area contributed by atoms with Crippen molar-refractivity contribution in [1.29, 1.82) is 0 Å². The Morgan fingerprint density at radius 3 is 2.96 bits per heavy atom. The van der Waals surface area contributed by atoms with Crippen LogP contribution in [0.1, 0.15) is 29.2 Å². The molecule has 0 bridgehead atoms. The first-order valence-electron chi connectivity index (χ1n) is 7.44. The Bertz CT molecular complexity index is 696. The third kappa shape index (κ3) is 3.65. The molecule has 0 spiro atoms. The minimum absolute atomic E-state index is 0.282. The molecule has 0 unspecified atom stereocenters. The minimum atomic E-state index is -0.282. The summed E-state index contributed by atoms with van der Waals surface area (Å²) in [6.07, 6.45) is 5.34. The summed E-state index contributed by atoms with van der Waals surface area (Å²) in [6.45, 7) is 1.48. The second kappa shape index (κ2) is 7.02. The number of hydrogen-bond acceptors (Lipinski definition) is 4. The minimum Gasteiger partial charge on any atom is -0.496 e. The number of nitrogens with zero attached hydrogens (tertiary/aromatic N) is 2. The fourth-order valence-corrected chi connectivity index (χ4v) is 2.78. The number of hydrogen-bond donors (Lipinski definition) is 1. The number of anilines is 1. The number of aromatic nitrogens is 2. The molecule has 7 heteroatoms. The molecule has 1 saturated heterocycles. The largest absolute Gasteiger partial charge is 0.496 e. The van der Waals surface area contributed by atoms with E-state index >= 15 is 0 Å². The molecule has 0 aliphatic carbocycles. The number of halogens is 1. The van der Waals surface area contributed by atoms with Crippen LogP contribution >= 0.6 is 11.6 Å². The fourth-order valence-electron chi connectivity index (χ4n) is 2.61. The van der Waals surface area contributed by atoms with Crippen molar-refractivity contribution in [1.82, 2.24) is 9.78 Å². The SMILES string of the molecule is COc1ccc(Cl)cc1C(=O)Nc1cnn(C2CCOCC2)c1. The van der Waals surface area contributed by atoms with Crippen LogP contribution in [0.15, 0.2) is 30.6 Å². The number of rotatable bonds is 4. The summed E-state index contributed by atoms with van der Waals surface area (Å²) < 4.78 is 12.4. The number of carbonyl (C=O) groups is 1. The molecule has 122 valence electrons. The number of amides is 1. The van der Waals surface area contributed by atoms with Crippen LogP contribution in [0.5, 0.6) is 5.75 Å². The van der Waals surface area contributed by atoms with Crippen LogP contribution in [0.4, 0.5) is 5.69 Å². The molecule has 3 rings (SSSR count). The molecule has 0 radical (unpaired) electrons. The van der Waals surface area contributed by atoms with Crippen molar-refractivity contribution in [2.75, 3.05) is 25.6 Å². The van der Waals surface area contributed by atoms with Gasteiger partial charge in [-0.15, -0.1) is 0 Å². The van der Waals surface area contributed by atoms with Crippen molar-refractivity contribution >= 4 is 23.2 Å². The van der Waals surface area contributed by atoms with E-state index in [9.17, 15) is 4.79 Å². The van der Waals surface area contributed by atoms with Crippen molar-refractivity contribution in [3.8, 4) is 5.75 Å². The molecule has 1 aliphatic rings. The summed E-state index contributed by atoms with van der Waals surface area (Å²) in [5.41, 5.74) is 1.03. The summed E-state index contributed by atoms with van der Waals surface area (Å²) >= 11 is 5.96. The lowest BCUT2D eigenvalue weighted by molar-refractivity contribution is 0.0662. The zero-order valence-corrected chi connectivity index (χ0v) is 13.5. The van der Waals surface area contributed by atoms with E-state index in [1.807, 2.05) is 10.9 Å². The fraction of sp³-hybridized carbons (Fsp3) is 0.375. The predicted octanol–water partition coefficient (Wildman–Crippen LogP) is 3.15. The second-order valence-electron chi connectivity index (χ2n) is 5.35. The summed E-state index contributed by atoms with van der Waals surface area (Å²) in [6, 6.07) is 5.25. The first kappa shape index (κ1) is 15.8. The Balaban J connectivity index is 1.73. The average Bonchev–Trinajstić information content (AvgIpc) is 3.04. The molecule has 1 N–H and O–H groups in total. The Hall–Kier alpha value is -2.05. The monoisotopic (exact) mass is 335 g/mol. The summed E-state index contributed by atoms with van der Waals surface area (Å²) in [5, 5.41) is 7.64. The molecule has 0 atom stereocenters. The van der Waals surface area contributed by atoms with Gasteiger partial charge in [-0.2, -0.15) is 5.10 Å². The molecule has 23 heavy (non-hydrogen) atoms. The number of nitrogens with one attached hydrogen (secondary N) is 1. The molecule has 0 saturated carbocycles. The van der Waals surface area contributed by atoms with E-state index in [0.717, 1.165) is 26.1 Å². The van der Waals surface area contributed by atoms with Crippen LogP contribution < -0.4 is 10.1 Å². The van der Waals surface area contributed by atoms with Crippen molar-refractivity contribution < 1.29 is 14.3 Å². The molecule has 1 fully saturated rings. The highest BCUT2D eigenvalue weighted by atomic mass is 35.5. The van der Waals surface area contributed by atoms with Crippen molar-refractivity contribution in [3.05, 3.63) is 41.2 Å². The highest BCUT2D eigenvalue weighted by molar-refractivity contribution is 6.31. The van der Waals surface area contributed by atoms with Gasteiger partial charge in [0.2, 0.25) is 0 Å². The van der Waals surface area contributed by atoms with E-state index in [1.165, 1.54) is 7.11 Å². The normalized spacial score (nSPS) is 15.4. The van der Waals surface area contributed by atoms with Gasteiger partial charge in [0.25, 0.3) is 5.91 Å². The van der Waals surface area contributed by atoms with Crippen molar-refractivity contribution in [3.63, 3.8) is 0 Å². The summed E-state index contributed by atoms with van der Waals surface area (Å²) in [5.74, 6) is 0.194. The average molecular weight is 336 g/mol. The van der Waals surface area contributed by atoms with E-state index in [4.69, 9.17) is 21.1 Å². The molecular formula is C16H18ClN3O3. The number of methoxy groups -OCH3 is 1. The van der Waals surface area contributed by atoms with Gasteiger partial charge in [-0.3, -0.25) is 9.48 Å². The zero-order chi connectivity index (χ0) is 16.2. The smallest absolute Gasteiger partial charge is 0.259 e. The molecule has 1 amide bonds. The van der Waals surface area contributed by atoms with E-state index in [2.05, 4.69) is 10.4 Å². The quantitative estimate of drug-likeness (QED) is 0.932. The molecule has 2 aromatic rings. The molecular weight excluding hydrogens is 318 g/mol. The number of carbonyl (C=O) groups excluding carboxylic acids is 1. The second-order valence-corrected chi connectivity index (χ2v) is 5.79. The molecule has 1 aromatic carbocycles. The lowest BCUT2D eigenvalue weighted by Crippen LogP contribution is -2.19. The first-order chi connectivity index (χ1) is 11.2. The maximum atomic E-state index is 12.4. The molecule has 1 aliphatic heterocycles. The molecule has 2 heterocycles. The van der Waals surface area contributed by atoms with E-state index in [1.54, 1.807) is 24.4 Å². The van der Waals surface area contributed by atoms with Gasteiger partial charge in [-0.05, 0) is 31.0 Å². The Morgan fingerprint density at radius 1 is 1.43 bits per heavy atom. The standard InChI is InChI=1S/C16H18ClN3O3/c1-22-15-3-2-11(17)8-14(15)16(21)19-12-9-18-20(10-12)13-4-6-23-7-5-13/h2-3,8-10,13H,4-7H2,1H3,(H,19,21). The first-order valence-corrected chi connectivity index (χ1v) is 7.82. The highest BCUT2D eigenvalue weighted by Gasteiger charge is 2.18. The van der Waals surface area contributed by atoms with Gasteiger partial charge in [-0.1, -0.05) is 11.6 Å². The third-order valence-electron chi connectivity index (χ3n) is 3.83. The topological polar surface area (TPSA) is 65.4 Å². The lowest BCUT2D eigenvalue weighted by Gasteiger charge is -2.22. The Morgan fingerprint density at radius 2 is 2.22 bits per heavy atom. The lowest BCUT2D eigenvalue weighted by atomic mass is 10.1. The third-order valence-corrected chi connectivity index (χ3v) is 4.07. The van der Waals surface area contributed by atoms with Crippen LogP contribution in [0.3, 0.4) is 0 Å². The van der Waals surface area contributed by atoms with Crippen molar-refractivity contribution in [2.45, 2.75) is 18.9 Å². The van der Waals surface area contributed by atoms with Gasteiger partial charge < -0.3 is 14.8 Å². The van der Waals surface area contributed by atoms with E-state index < -0.39 is 0 Å². The van der Waals surface area contributed by atoms with Gasteiger partial charge >= 0.3 is 0 Å². The van der Waals surface area contributed by atoms with E-state index in [-0.39, 0.29) is 5.91 Å². The van der Waals surface area contributed by atoms with Gasteiger partial charge in [0.1, 0.15) is 5.75 Å². The van der Waals surface area contributed by atoms with Crippen molar-refractivity contribution in [2.24, 2.45) is 0 Å². The van der Waals surface area contributed by atoms with Gasteiger partial charge in [0.05, 0.1) is 30.6 Å². The zero-order valence-electron chi connectivity index (χ0n) is 12.8. The summed E-state index contributed by atoms with van der Waals surface area (Å²) in [7, 11) is 1.52. The van der Waals surface area contributed by atoms with Crippen LogP contribution in [-0.2, 0) is 4.74 Å². The maximum Gasteiger partial charge on any atom is 0.259 e. The Kier molecular flexibility index (Phi) is 4.83. The maximum absolute atomic E-state index is 12.4. The highest BCUT2D eigenvalue weighted by Crippen LogP contribution is 2.25. The molecule has 1 aromatic heterocycles. The molecule has 6 nitrogen and oxygen atoms in total. The number of ether oxygens (including phenoxy) is 2.